The first-order valence-corrected chi connectivity index (χ1v) is 11.5. The Hall–Kier alpha value is -2.05. The third-order valence-electron chi connectivity index (χ3n) is 5.48. The highest BCUT2D eigenvalue weighted by atomic mass is 35.5. The molecule has 8 heteroatoms. The summed E-state index contributed by atoms with van der Waals surface area (Å²) < 4.78 is 6.93. The van der Waals surface area contributed by atoms with E-state index in [9.17, 15) is 9.59 Å². The van der Waals surface area contributed by atoms with Gasteiger partial charge in [0.05, 0.1) is 45.2 Å². The predicted octanol–water partition coefficient (Wildman–Crippen LogP) is 5.10. The van der Waals surface area contributed by atoms with E-state index in [-0.39, 0.29) is 17.8 Å². The fourth-order valence-electron chi connectivity index (χ4n) is 4.01. The average molecular weight is 466 g/mol. The largest absolute Gasteiger partial charge is 0.466 e. The van der Waals surface area contributed by atoms with Crippen LogP contribution in [0.3, 0.4) is 0 Å². The summed E-state index contributed by atoms with van der Waals surface area (Å²) in [6.07, 6.45) is 2.18. The van der Waals surface area contributed by atoms with Gasteiger partial charge < -0.3 is 9.64 Å². The Kier molecular flexibility index (Phi) is 7.65. The maximum Gasteiger partial charge on any atom is 0.310 e. The second-order valence-corrected chi connectivity index (χ2v) is 9.17. The van der Waals surface area contributed by atoms with Crippen LogP contribution in [0.1, 0.15) is 55.4 Å². The lowest BCUT2D eigenvalue weighted by molar-refractivity contribution is -0.149. The summed E-state index contributed by atoms with van der Waals surface area (Å²) in [5.41, 5.74) is 2.85. The molecule has 0 bridgehead atoms. The number of carbonyl (C=O) groups is 2. The van der Waals surface area contributed by atoms with Gasteiger partial charge in [-0.15, -0.1) is 0 Å². The molecule has 1 atom stereocenters. The van der Waals surface area contributed by atoms with E-state index in [1.807, 2.05) is 13.0 Å². The van der Waals surface area contributed by atoms with Crippen LogP contribution in [0, 0.1) is 18.8 Å². The van der Waals surface area contributed by atoms with Gasteiger partial charge in [-0.25, -0.2) is 4.68 Å². The van der Waals surface area contributed by atoms with E-state index in [0.29, 0.717) is 47.6 Å². The van der Waals surface area contributed by atoms with Crippen LogP contribution < -0.4 is 0 Å². The van der Waals surface area contributed by atoms with Crippen LogP contribution in [0.2, 0.25) is 10.0 Å². The number of carbonyl (C=O) groups excluding carboxylic acids is 2. The number of esters is 1. The van der Waals surface area contributed by atoms with Crippen LogP contribution in [-0.4, -0.2) is 46.3 Å². The minimum Gasteiger partial charge on any atom is -0.466 e. The lowest BCUT2D eigenvalue weighted by atomic mass is 9.96. The van der Waals surface area contributed by atoms with Gasteiger partial charge in [0.2, 0.25) is 0 Å². The van der Waals surface area contributed by atoms with Crippen LogP contribution >= 0.6 is 23.2 Å². The van der Waals surface area contributed by atoms with E-state index in [1.165, 1.54) is 0 Å². The Labute approximate surface area is 193 Å². The van der Waals surface area contributed by atoms with E-state index >= 15 is 0 Å². The molecule has 1 aromatic heterocycles. The van der Waals surface area contributed by atoms with Gasteiger partial charge in [-0.1, -0.05) is 37.0 Å². The summed E-state index contributed by atoms with van der Waals surface area (Å²) in [6.45, 7) is 9.21. The highest BCUT2D eigenvalue weighted by Crippen LogP contribution is 2.28. The normalized spacial score (nSPS) is 16.6. The third kappa shape index (κ3) is 5.24. The van der Waals surface area contributed by atoms with Gasteiger partial charge in [-0.2, -0.15) is 5.10 Å². The summed E-state index contributed by atoms with van der Waals surface area (Å²) in [6, 6.07) is 5.30. The number of piperidine rings is 1. The van der Waals surface area contributed by atoms with Crippen LogP contribution in [0.15, 0.2) is 18.2 Å². The van der Waals surface area contributed by atoms with Crippen LogP contribution in [0.4, 0.5) is 0 Å². The number of rotatable bonds is 6. The van der Waals surface area contributed by atoms with E-state index in [1.54, 1.807) is 28.6 Å². The summed E-state index contributed by atoms with van der Waals surface area (Å²) in [4.78, 5) is 27.6. The van der Waals surface area contributed by atoms with E-state index in [0.717, 1.165) is 29.9 Å². The molecular weight excluding hydrogens is 437 g/mol. The summed E-state index contributed by atoms with van der Waals surface area (Å²) in [7, 11) is 0. The van der Waals surface area contributed by atoms with Crippen molar-refractivity contribution in [1.29, 1.82) is 0 Å². The summed E-state index contributed by atoms with van der Waals surface area (Å²) in [5, 5.41) is 5.66. The molecule has 0 radical (unpaired) electrons. The Balaban J connectivity index is 1.96. The molecule has 0 N–H and O–H groups in total. The van der Waals surface area contributed by atoms with E-state index < -0.39 is 0 Å². The Bertz CT molecular complexity index is 971. The van der Waals surface area contributed by atoms with Gasteiger partial charge in [0.15, 0.2) is 0 Å². The fourth-order valence-corrected chi connectivity index (χ4v) is 4.30. The number of aromatic nitrogens is 2. The molecule has 1 aliphatic heterocycles. The topological polar surface area (TPSA) is 64.4 Å². The summed E-state index contributed by atoms with van der Waals surface area (Å²) in [5.74, 6) is -0.271. The molecule has 0 saturated carbocycles. The molecule has 2 heterocycles. The first-order valence-electron chi connectivity index (χ1n) is 10.7. The molecular formula is C23H29Cl2N3O3. The Morgan fingerprint density at radius 2 is 2.00 bits per heavy atom. The van der Waals surface area contributed by atoms with Gasteiger partial charge >= 0.3 is 5.97 Å². The average Bonchev–Trinajstić information content (AvgIpc) is 3.05. The number of hydrogen-bond acceptors (Lipinski definition) is 4. The first kappa shape index (κ1) is 23.6. The minimum absolute atomic E-state index is 0.0894. The van der Waals surface area contributed by atoms with Crippen molar-refractivity contribution in [2.75, 3.05) is 19.7 Å². The Morgan fingerprint density at radius 3 is 2.65 bits per heavy atom. The quantitative estimate of drug-likeness (QED) is 0.556. The van der Waals surface area contributed by atoms with Crippen LogP contribution in [0.25, 0.3) is 5.69 Å². The molecule has 1 fully saturated rings. The Morgan fingerprint density at radius 1 is 1.26 bits per heavy atom. The zero-order valence-electron chi connectivity index (χ0n) is 18.5. The van der Waals surface area contributed by atoms with Crippen LogP contribution in [-0.2, 0) is 16.0 Å². The molecule has 1 aromatic carbocycles. The molecule has 31 heavy (non-hydrogen) atoms. The minimum atomic E-state index is -0.281. The second-order valence-electron chi connectivity index (χ2n) is 8.36. The number of amides is 1. The lowest BCUT2D eigenvalue weighted by Gasteiger charge is -2.31. The highest BCUT2D eigenvalue weighted by molar-refractivity contribution is 6.42. The van der Waals surface area contributed by atoms with E-state index in [4.69, 9.17) is 33.0 Å². The van der Waals surface area contributed by atoms with Crippen molar-refractivity contribution in [3.63, 3.8) is 0 Å². The molecule has 2 aromatic rings. The van der Waals surface area contributed by atoms with Crippen molar-refractivity contribution in [3.8, 4) is 5.69 Å². The fraction of sp³-hybridized carbons (Fsp3) is 0.522. The van der Waals surface area contributed by atoms with Crippen molar-refractivity contribution in [3.05, 3.63) is 45.2 Å². The molecule has 6 nitrogen and oxygen atoms in total. The van der Waals surface area contributed by atoms with Gasteiger partial charge in [0.25, 0.3) is 5.91 Å². The number of halogens is 2. The number of benzene rings is 1. The maximum atomic E-state index is 13.6. The lowest BCUT2D eigenvalue weighted by Crippen LogP contribution is -2.43. The van der Waals surface area contributed by atoms with Gasteiger partial charge in [0.1, 0.15) is 0 Å². The molecule has 1 aliphatic rings. The van der Waals surface area contributed by atoms with Gasteiger partial charge in [0, 0.05) is 13.1 Å². The zero-order valence-corrected chi connectivity index (χ0v) is 20.0. The third-order valence-corrected chi connectivity index (χ3v) is 6.22. The van der Waals surface area contributed by atoms with Crippen molar-refractivity contribution in [2.24, 2.45) is 11.8 Å². The number of ether oxygens (including phenoxy) is 1. The molecule has 1 unspecified atom stereocenters. The molecule has 1 amide bonds. The second kappa shape index (κ2) is 10.0. The van der Waals surface area contributed by atoms with Gasteiger partial charge in [-0.3, -0.25) is 9.59 Å². The molecule has 0 spiro atoms. The SMILES string of the molecule is CCOC(=O)C1CCCN(C(=O)c2c(CC(C)C)nn(-c3ccc(Cl)c(Cl)c3)c2C)C1. The standard InChI is InChI=1S/C23H29Cl2N3O3/c1-5-31-23(30)16-7-6-10-27(13-16)22(29)21-15(4)28(26-20(21)11-14(2)3)17-8-9-18(24)19(25)12-17/h8-9,12,14,16H,5-7,10-11,13H2,1-4H3. The monoisotopic (exact) mass is 465 g/mol. The smallest absolute Gasteiger partial charge is 0.310 e. The van der Waals surface area contributed by atoms with Crippen molar-refractivity contribution in [1.82, 2.24) is 14.7 Å². The van der Waals surface area contributed by atoms with Crippen molar-refractivity contribution >= 4 is 35.1 Å². The highest BCUT2D eigenvalue weighted by Gasteiger charge is 2.33. The maximum absolute atomic E-state index is 13.6. The summed E-state index contributed by atoms with van der Waals surface area (Å²) >= 11 is 12.3. The predicted molar refractivity (Wildman–Crippen MR) is 122 cm³/mol. The molecule has 1 saturated heterocycles. The first-order chi connectivity index (χ1) is 14.7. The number of nitrogens with zero attached hydrogens (tertiary/aromatic N) is 3. The van der Waals surface area contributed by atoms with Crippen molar-refractivity contribution in [2.45, 2.75) is 47.0 Å². The zero-order chi connectivity index (χ0) is 22.7. The van der Waals surface area contributed by atoms with Gasteiger partial charge in [-0.05, 0) is 57.2 Å². The van der Waals surface area contributed by atoms with Crippen LogP contribution in [0.5, 0.6) is 0 Å². The molecule has 168 valence electrons. The number of hydrogen-bond donors (Lipinski definition) is 0. The number of likely N-dealkylation sites (tertiary alicyclic amines) is 1. The van der Waals surface area contributed by atoms with E-state index in [2.05, 4.69) is 13.8 Å². The van der Waals surface area contributed by atoms with Crippen molar-refractivity contribution < 1.29 is 14.3 Å². The molecule has 3 rings (SSSR count). The molecule has 0 aliphatic carbocycles.